The van der Waals surface area contributed by atoms with Crippen molar-refractivity contribution >= 4 is 16.9 Å². The summed E-state index contributed by atoms with van der Waals surface area (Å²) in [4.78, 5) is 4.71. The molecule has 3 aromatic rings. The number of hydrogen-bond donors (Lipinski definition) is 3. The van der Waals surface area contributed by atoms with E-state index in [1.54, 1.807) is 18.2 Å². The molecule has 0 unspecified atom stereocenters. The summed E-state index contributed by atoms with van der Waals surface area (Å²) < 4.78 is 48.8. The van der Waals surface area contributed by atoms with Crippen molar-refractivity contribution in [1.29, 1.82) is 0 Å². The third-order valence-electron chi connectivity index (χ3n) is 5.82. The Balaban J connectivity index is 1.66. The maximum Gasteiger partial charge on any atom is 0.422 e. The van der Waals surface area contributed by atoms with E-state index in [0.29, 0.717) is 29.4 Å². The molecule has 2 aromatic heterocycles. The van der Waals surface area contributed by atoms with Crippen molar-refractivity contribution in [2.45, 2.75) is 63.8 Å². The highest BCUT2D eigenvalue weighted by molar-refractivity contribution is 5.89. The summed E-state index contributed by atoms with van der Waals surface area (Å²) in [5.41, 5.74) is 1.03. The zero-order valence-electron chi connectivity index (χ0n) is 19.3. The third-order valence-corrected chi connectivity index (χ3v) is 5.82. The van der Waals surface area contributed by atoms with Crippen LogP contribution in [0.3, 0.4) is 0 Å². The van der Waals surface area contributed by atoms with Gasteiger partial charge in [0, 0.05) is 11.4 Å². The fourth-order valence-electron chi connectivity index (χ4n) is 4.04. The Morgan fingerprint density at radius 1 is 1.18 bits per heavy atom. The first-order valence-electron chi connectivity index (χ1n) is 10.9. The Hall–Kier alpha value is -2.92. The van der Waals surface area contributed by atoms with Crippen molar-refractivity contribution in [2.75, 3.05) is 18.5 Å². The van der Waals surface area contributed by atoms with Crippen molar-refractivity contribution in [3.8, 4) is 17.3 Å². The van der Waals surface area contributed by atoms with Crippen LogP contribution >= 0.6 is 0 Å². The van der Waals surface area contributed by atoms with Gasteiger partial charge in [0.2, 0.25) is 0 Å². The van der Waals surface area contributed by atoms with Gasteiger partial charge in [0.25, 0.3) is 5.89 Å². The van der Waals surface area contributed by atoms with E-state index in [2.05, 4.69) is 15.5 Å². The number of hydrogen-bond acceptors (Lipinski definition) is 8. The number of fused-ring (bicyclic) bond motifs is 1. The van der Waals surface area contributed by atoms with Crippen LogP contribution < -0.4 is 10.1 Å². The maximum absolute atomic E-state index is 12.7. The SMILES string of the molecule is Cc1cc(-c2nnc(N[C@H]3C[C@](O)(CO)C3)o2)nc2c(C(C)(C)C)cc(OCC(F)(F)F)cc12. The van der Waals surface area contributed by atoms with Crippen LogP contribution in [0.1, 0.15) is 44.7 Å². The minimum absolute atomic E-state index is 0.0978. The number of anilines is 1. The van der Waals surface area contributed by atoms with E-state index in [-0.39, 0.29) is 30.3 Å². The summed E-state index contributed by atoms with van der Waals surface area (Å²) in [6, 6.07) is 4.95. The first kappa shape index (κ1) is 24.2. The molecule has 11 heteroatoms. The van der Waals surface area contributed by atoms with Gasteiger partial charge in [0.05, 0.1) is 17.7 Å². The van der Waals surface area contributed by atoms with Crippen LogP contribution in [-0.4, -0.2) is 56.4 Å². The summed E-state index contributed by atoms with van der Waals surface area (Å²) in [5, 5.41) is 30.9. The molecule has 0 saturated heterocycles. The standard InChI is InChI=1S/C23H27F3N4O4/c1-12-5-17(19-29-30-20(34-19)27-13-8-22(32,9-13)10-31)28-18-15(12)6-14(33-11-23(24,25)26)7-16(18)21(2,3)4/h5-7,13,31-32H,8-11H2,1-4H3,(H,27,30)/t13-,22+. The lowest BCUT2D eigenvalue weighted by atomic mass is 9.76. The third kappa shape index (κ3) is 5.10. The number of rotatable bonds is 6. The molecule has 0 amide bonds. The van der Waals surface area contributed by atoms with E-state index in [1.807, 2.05) is 27.7 Å². The number of halogens is 3. The lowest BCUT2D eigenvalue weighted by Crippen LogP contribution is -2.53. The Morgan fingerprint density at radius 2 is 1.88 bits per heavy atom. The van der Waals surface area contributed by atoms with Gasteiger partial charge in [0.1, 0.15) is 11.4 Å². The predicted molar refractivity (Wildman–Crippen MR) is 119 cm³/mol. The topological polar surface area (TPSA) is 114 Å². The second kappa shape index (κ2) is 8.38. The van der Waals surface area contributed by atoms with Crippen molar-refractivity contribution in [3.63, 3.8) is 0 Å². The van der Waals surface area contributed by atoms with Crippen LogP contribution in [0.5, 0.6) is 5.75 Å². The molecule has 4 rings (SSSR count). The van der Waals surface area contributed by atoms with Crippen LogP contribution in [-0.2, 0) is 5.41 Å². The Kier molecular flexibility index (Phi) is 5.97. The van der Waals surface area contributed by atoms with Gasteiger partial charge in [-0.2, -0.15) is 13.2 Å². The van der Waals surface area contributed by atoms with Gasteiger partial charge in [0.15, 0.2) is 6.61 Å². The molecule has 0 spiro atoms. The summed E-state index contributed by atoms with van der Waals surface area (Å²) >= 11 is 0. The van der Waals surface area contributed by atoms with E-state index >= 15 is 0 Å². The molecule has 184 valence electrons. The van der Waals surface area contributed by atoms with Crippen LogP contribution in [0, 0.1) is 6.92 Å². The normalized spacial score (nSPS) is 20.9. The first-order chi connectivity index (χ1) is 15.8. The van der Waals surface area contributed by atoms with Gasteiger partial charge in [-0.15, -0.1) is 5.10 Å². The Labute approximate surface area is 194 Å². The summed E-state index contributed by atoms with van der Waals surface area (Å²) in [7, 11) is 0. The molecule has 1 aliphatic rings. The number of ether oxygens (including phenoxy) is 1. The highest BCUT2D eigenvalue weighted by Gasteiger charge is 2.42. The molecule has 2 heterocycles. The first-order valence-corrected chi connectivity index (χ1v) is 10.9. The van der Waals surface area contributed by atoms with Crippen LogP contribution in [0.25, 0.3) is 22.5 Å². The number of nitrogens with one attached hydrogen (secondary N) is 1. The maximum atomic E-state index is 12.7. The minimum Gasteiger partial charge on any atom is -0.484 e. The second-order valence-corrected chi connectivity index (χ2v) is 9.89. The van der Waals surface area contributed by atoms with Crippen molar-refractivity contribution in [2.24, 2.45) is 0 Å². The van der Waals surface area contributed by atoms with Gasteiger partial charge in [-0.05, 0) is 54.5 Å². The molecule has 1 fully saturated rings. The summed E-state index contributed by atoms with van der Waals surface area (Å²) in [6.07, 6.45) is -3.71. The molecule has 0 atom stereocenters. The molecule has 8 nitrogen and oxygen atoms in total. The van der Waals surface area contributed by atoms with Crippen molar-refractivity contribution < 1.29 is 32.5 Å². The molecule has 1 saturated carbocycles. The molecule has 1 aliphatic carbocycles. The van der Waals surface area contributed by atoms with E-state index < -0.39 is 23.8 Å². The highest BCUT2D eigenvalue weighted by Crippen LogP contribution is 2.37. The molecule has 34 heavy (non-hydrogen) atoms. The number of aromatic nitrogens is 3. The monoisotopic (exact) mass is 480 g/mol. The quantitative estimate of drug-likeness (QED) is 0.483. The number of aryl methyl sites for hydroxylation is 1. The number of pyridine rings is 1. The summed E-state index contributed by atoms with van der Waals surface area (Å²) in [5.74, 6) is 0.307. The van der Waals surface area contributed by atoms with Gasteiger partial charge >= 0.3 is 12.2 Å². The Morgan fingerprint density at radius 3 is 2.50 bits per heavy atom. The zero-order valence-corrected chi connectivity index (χ0v) is 19.3. The minimum atomic E-state index is -4.44. The second-order valence-electron chi connectivity index (χ2n) is 9.89. The van der Waals surface area contributed by atoms with Gasteiger partial charge < -0.3 is 24.7 Å². The lowest BCUT2D eigenvalue weighted by molar-refractivity contribution is -0.153. The lowest BCUT2D eigenvalue weighted by Gasteiger charge is -2.42. The van der Waals surface area contributed by atoms with E-state index in [4.69, 9.17) is 19.2 Å². The Bertz CT molecular complexity index is 1200. The summed E-state index contributed by atoms with van der Waals surface area (Å²) in [6.45, 7) is 5.98. The number of aliphatic hydroxyl groups is 2. The highest BCUT2D eigenvalue weighted by atomic mass is 19.4. The molecule has 3 N–H and O–H groups in total. The molecule has 1 aromatic carbocycles. The molecule has 0 radical (unpaired) electrons. The van der Waals surface area contributed by atoms with E-state index in [9.17, 15) is 18.3 Å². The molecule has 0 bridgehead atoms. The molecular formula is C23H27F3N4O4. The van der Waals surface area contributed by atoms with Gasteiger partial charge in [-0.25, -0.2) is 4.98 Å². The average molecular weight is 480 g/mol. The fraction of sp³-hybridized carbons (Fsp3) is 0.522. The zero-order chi connectivity index (χ0) is 24.9. The number of nitrogens with zero attached hydrogens (tertiary/aromatic N) is 3. The van der Waals surface area contributed by atoms with Crippen molar-refractivity contribution in [1.82, 2.24) is 15.2 Å². The van der Waals surface area contributed by atoms with Crippen LogP contribution in [0.2, 0.25) is 0 Å². The number of aliphatic hydroxyl groups excluding tert-OH is 1. The predicted octanol–water partition coefficient (Wildman–Crippen LogP) is 4.13. The van der Waals surface area contributed by atoms with E-state index in [0.717, 1.165) is 11.1 Å². The number of benzene rings is 1. The number of alkyl halides is 3. The largest absolute Gasteiger partial charge is 0.484 e. The molecular weight excluding hydrogens is 453 g/mol. The smallest absolute Gasteiger partial charge is 0.422 e. The molecule has 0 aliphatic heterocycles. The average Bonchev–Trinajstić information content (AvgIpc) is 3.18. The van der Waals surface area contributed by atoms with Gasteiger partial charge in [-0.1, -0.05) is 25.9 Å². The van der Waals surface area contributed by atoms with Crippen LogP contribution in [0.15, 0.2) is 22.6 Å². The van der Waals surface area contributed by atoms with Gasteiger partial charge in [-0.3, -0.25) is 0 Å². The van der Waals surface area contributed by atoms with Crippen molar-refractivity contribution in [3.05, 3.63) is 29.3 Å². The fourth-order valence-corrected chi connectivity index (χ4v) is 4.04. The van der Waals surface area contributed by atoms with Crippen LogP contribution in [0.4, 0.5) is 19.2 Å². The van der Waals surface area contributed by atoms with E-state index in [1.165, 1.54) is 0 Å².